The van der Waals surface area contributed by atoms with Gasteiger partial charge in [-0.15, -0.1) is 0 Å². The molecule has 0 N–H and O–H groups in total. The molecule has 0 aromatic carbocycles. The van der Waals surface area contributed by atoms with Crippen molar-refractivity contribution in [3.63, 3.8) is 0 Å². The second-order valence-electron chi connectivity index (χ2n) is 8.15. The molecule has 3 nitrogen and oxygen atoms in total. The lowest BCUT2D eigenvalue weighted by Crippen LogP contribution is -2.42. The van der Waals surface area contributed by atoms with Crippen LogP contribution in [0.3, 0.4) is 0 Å². The number of hydrogen-bond acceptors (Lipinski definition) is 2. The van der Waals surface area contributed by atoms with E-state index in [0.29, 0.717) is 17.4 Å². The summed E-state index contributed by atoms with van der Waals surface area (Å²) in [5, 5.41) is 0. The maximum atomic E-state index is 13.3. The average Bonchev–Trinajstić information content (AvgIpc) is 3.15. The summed E-state index contributed by atoms with van der Waals surface area (Å²) < 4.78 is 0. The van der Waals surface area contributed by atoms with Gasteiger partial charge in [-0.3, -0.25) is 4.79 Å². The first kappa shape index (κ1) is 23.0. The highest BCUT2D eigenvalue weighted by Crippen LogP contribution is 2.32. The molecule has 0 saturated heterocycles. The summed E-state index contributed by atoms with van der Waals surface area (Å²) in [6, 6.07) is 0. The monoisotopic (exact) mass is 363 g/mol. The molecule has 3 unspecified atom stereocenters. The van der Waals surface area contributed by atoms with Crippen molar-refractivity contribution in [3.05, 3.63) is 5.57 Å². The van der Waals surface area contributed by atoms with Crippen LogP contribution in [-0.4, -0.2) is 29.8 Å². The number of hydrogen-bond donors (Lipinski definition) is 0. The first-order valence-electron chi connectivity index (χ1n) is 11.1. The van der Waals surface area contributed by atoms with Gasteiger partial charge in [0.25, 0.3) is 0 Å². The van der Waals surface area contributed by atoms with E-state index in [1.54, 1.807) is 0 Å². The fraction of sp³-hybridized carbons (Fsp3) is 0.870. The fourth-order valence-corrected chi connectivity index (χ4v) is 4.17. The van der Waals surface area contributed by atoms with Gasteiger partial charge in [0.1, 0.15) is 5.94 Å². The summed E-state index contributed by atoms with van der Waals surface area (Å²) in [5.74, 6) is 3.23. The van der Waals surface area contributed by atoms with Crippen molar-refractivity contribution in [2.75, 3.05) is 13.1 Å². The number of unbranched alkanes of at least 4 members (excludes halogenated alkanes) is 2. The van der Waals surface area contributed by atoms with Crippen molar-refractivity contribution >= 4 is 11.8 Å². The molecule has 1 amide bonds. The van der Waals surface area contributed by atoms with E-state index in [-0.39, 0.29) is 11.8 Å². The summed E-state index contributed by atoms with van der Waals surface area (Å²) in [7, 11) is 0. The molecule has 1 saturated carbocycles. The topological polar surface area (TPSA) is 37.4 Å². The van der Waals surface area contributed by atoms with Gasteiger partial charge < -0.3 is 4.90 Å². The van der Waals surface area contributed by atoms with E-state index in [0.717, 1.165) is 45.2 Å². The third-order valence-electron chi connectivity index (χ3n) is 6.14. The van der Waals surface area contributed by atoms with Crippen molar-refractivity contribution in [3.8, 4) is 0 Å². The maximum absolute atomic E-state index is 13.3. The summed E-state index contributed by atoms with van der Waals surface area (Å²) in [6.07, 6.45) is 12.1. The van der Waals surface area contributed by atoms with Crippen LogP contribution in [0, 0.1) is 17.8 Å². The minimum Gasteiger partial charge on any atom is -0.342 e. The van der Waals surface area contributed by atoms with E-state index in [1.807, 2.05) is 0 Å². The molecule has 0 spiro atoms. The third-order valence-corrected chi connectivity index (χ3v) is 6.14. The Hall–Kier alpha value is -1.08. The number of amides is 1. The first-order chi connectivity index (χ1) is 12.6. The van der Waals surface area contributed by atoms with E-state index in [2.05, 4.69) is 38.5 Å². The smallest absolute Gasteiger partial charge is 0.230 e. The van der Waals surface area contributed by atoms with E-state index in [1.165, 1.54) is 38.5 Å². The molecule has 0 aromatic rings. The molecule has 0 bridgehead atoms. The van der Waals surface area contributed by atoms with Crippen LogP contribution in [0.25, 0.3) is 0 Å². The van der Waals surface area contributed by atoms with Crippen LogP contribution in [0.5, 0.6) is 0 Å². The van der Waals surface area contributed by atoms with Crippen LogP contribution in [0.4, 0.5) is 0 Å². The molecule has 3 heteroatoms. The normalized spacial score (nSPS) is 19.2. The predicted molar refractivity (Wildman–Crippen MR) is 110 cm³/mol. The van der Waals surface area contributed by atoms with Crippen molar-refractivity contribution in [2.24, 2.45) is 17.8 Å². The summed E-state index contributed by atoms with van der Waals surface area (Å²) in [4.78, 5) is 26.7. The molecule has 1 fully saturated rings. The van der Waals surface area contributed by atoms with Gasteiger partial charge in [0.15, 0.2) is 0 Å². The number of carbonyl (C=O) groups excluding carboxylic acids is 2. The highest BCUT2D eigenvalue weighted by Gasteiger charge is 2.33. The highest BCUT2D eigenvalue weighted by molar-refractivity contribution is 5.84. The van der Waals surface area contributed by atoms with Gasteiger partial charge >= 0.3 is 0 Å². The van der Waals surface area contributed by atoms with Crippen LogP contribution in [0.15, 0.2) is 5.57 Å². The largest absolute Gasteiger partial charge is 0.342 e. The fourth-order valence-electron chi connectivity index (χ4n) is 4.17. The molecular formula is C23H41NO2. The second kappa shape index (κ2) is 13.1. The zero-order valence-electron chi connectivity index (χ0n) is 17.7. The average molecular weight is 364 g/mol. The molecule has 1 rings (SSSR count). The second-order valence-corrected chi connectivity index (χ2v) is 8.15. The Kier molecular flexibility index (Phi) is 11.6. The summed E-state index contributed by atoms with van der Waals surface area (Å²) >= 11 is 0. The van der Waals surface area contributed by atoms with Gasteiger partial charge in [-0.2, -0.15) is 0 Å². The van der Waals surface area contributed by atoms with Gasteiger partial charge in [0.05, 0.1) is 5.92 Å². The summed E-state index contributed by atoms with van der Waals surface area (Å²) in [5.41, 5.74) is 0.711. The Morgan fingerprint density at radius 3 is 2.00 bits per heavy atom. The van der Waals surface area contributed by atoms with Crippen LogP contribution in [0.1, 0.15) is 98.3 Å². The van der Waals surface area contributed by atoms with Crippen molar-refractivity contribution < 1.29 is 9.59 Å². The molecule has 26 heavy (non-hydrogen) atoms. The van der Waals surface area contributed by atoms with Crippen molar-refractivity contribution in [1.82, 2.24) is 4.90 Å². The number of nitrogens with zero attached hydrogens (tertiary/aromatic N) is 1. The van der Waals surface area contributed by atoms with Crippen LogP contribution in [0.2, 0.25) is 0 Å². The first-order valence-corrected chi connectivity index (χ1v) is 11.1. The van der Waals surface area contributed by atoms with E-state index in [4.69, 9.17) is 0 Å². The van der Waals surface area contributed by atoms with Gasteiger partial charge in [0, 0.05) is 18.7 Å². The quantitative estimate of drug-likeness (QED) is 0.387. The maximum Gasteiger partial charge on any atom is 0.230 e. The molecule has 0 radical (unpaired) electrons. The Bertz CT molecular complexity index is 435. The molecule has 0 heterocycles. The van der Waals surface area contributed by atoms with Gasteiger partial charge in [0.2, 0.25) is 5.91 Å². The van der Waals surface area contributed by atoms with Gasteiger partial charge in [-0.05, 0) is 43.9 Å². The summed E-state index contributed by atoms with van der Waals surface area (Å²) in [6.45, 7) is 10.7. The van der Waals surface area contributed by atoms with E-state index in [9.17, 15) is 9.59 Å². The van der Waals surface area contributed by atoms with Crippen molar-refractivity contribution in [1.29, 1.82) is 0 Å². The zero-order valence-corrected chi connectivity index (χ0v) is 17.7. The minimum absolute atomic E-state index is 0.195. The Balaban J connectivity index is 2.88. The van der Waals surface area contributed by atoms with Crippen LogP contribution in [-0.2, 0) is 9.59 Å². The SMILES string of the molecule is CCCCC(CC)CN(CC(CC)CCCC)C(=O)C1CCCC1=C=O. The van der Waals surface area contributed by atoms with Crippen molar-refractivity contribution in [2.45, 2.75) is 98.3 Å². The van der Waals surface area contributed by atoms with Crippen LogP contribution < -0.4 is 0 Å². The Morgan fingerprint density at radius 1 is 1.04 bits per heavy atom. The molecule has 1 aliphatic carbocycles. The Labute approximate surface area is 161 Å². The van der Waals surface area contributed by atoms with Gasteiger partial charge in [-0.25, -0.2) is 4.79 Å². The molecule has 3 atom stereocenters. The lowest BCUT2D eigenvalue weighted by Gasteiger charge is -2.32. The molecule has 150 valence electrons. The molecule has 0 aliphatic heterocycles. The van der Waals surface area contributed by atoms with E-state index < -0.39 is 0 Å². The number of rotatable bonds is 13. The predicted octanol–water partition coefficient (Wildman–Crippen LogP) is 5.81. The molecular weight excluding hydrogens is 322 g/mol. The Morgan fingerprint density at radius 2 is 1.58 bits per heavy atom. The number of carbonyl (C=O) groups is 1. The highest BCUT2D eigenvalue weighted by atomic mass is 16.2. The minimum atomic E-state index is -0.195. The third kappa shape index (κ3) is 7.27. The standard InChI is InChI=1S/C23H41NO2/c1-5-9-12-19(7-3)16-24(17-20(8-4)13-10-6-2)23(26)22-15-11-14-21(22)18-25/h19-20,22H,5-17H2,1-4H3. The zero-order chi connectivity index (χ0) is 19.4. The lowest BCUT2D eigenvalue weighted by molar-refractivity contribution is -0.135. The van der Waals surface area contributed by atoms with E-state index >= 15 is 0 Å². The van der Waals surface area contributed by atoms with Crippen LogP contribution >= 0.6 is 0 Å². The lowest BCUT2D eigenvalue weighted by atomic mass is 9.93. The molecule has 1 aliphatic rings. The molecule has 0 aromatic heterocycles. The van der Waals surface area contributed by atoms with Gasteiger partial charge in [-0.1, -0.05) is 66.2 Å².